The summed E-state index contributed by atoms with van der Waals surface area (Å²) in [5.74, 6) is 0.659. The summed E-state index contributed by atoms with van der Waals surface area (Å²) in [4.78, 5) is 12.0. The second kappa shape index (κ2) is 5.80. The van der Waals surface area contributed by atoms with Crippen molar-refractivity contribution in [2.75, 3.05) is 6.54 Å². The lowest BCUT2D eigenvalue weighted by atomic mass is 10.2. The molecule has 0 bridgehead atoms. The average molecular weight is 313 g/mol. The average Bonchev–Trinajstić information content (AvgIpc) is 3.46. The van der Waals surface area contributed by atoms with Crippen LogP contribution in [0.4, 0.5) is 4.39 Å². The maximum Gasteiger partial charge on any atom is 0.251 e. The van der Waals surface area contributed by atoms with Gasteiger partial charge in [0.1, 0.15) is 5.82 Å². The molecular formula is C18H20FN3O. The van der Waals surface area contributed by atoms with Gasteiger partial charge in [0.2, 0.25) is 0 Å². The Hall–Kier alpha value is -2.17. The van der Waals surface area contributed by atoms with E-state index in [1.54, 1.807) is 12.1 Å². The molecule has 0 unspecified atom stereocenters. The molecule has 2 aromatic rings. The zero-order chi connectivity index (χ0) is 15.8. The number of amides is 1. The van der Waals surface area contributed by atoms with Gasteiger partial charge in [0, 0.05) is 29.6 Å². The zero-order valence-electron chi connectivity index (χ0n) is 13.0. The summed E-state index contributed by atoms with van der Waals surface area (Å²) in [5, 5.41) is 7.57. The maximum atomic E-state index is 13.2. The van der Waals surface area contributed by atoms with Gasteiger partial charge in [-0.3, -0.25) is 9.48 Å². The van der Waals surface area contributed by atoms with E-state index in [-0.39, 0.29) is 5.91 Å². The van der Waals surface area contributed by atoms with Gasteiger partial charge in [0.15, 0.2) is 0 Å². The maximum absolute atomic E-state index is 13.2. The number of carbonyl (C=O) groups excluding carboxylic acids is 1. The Kier molecular flexibility index (Phi) is 3.63. The van der Waals surface area contributed by atoms with E-state index in [2.05, 4.69) is 16.1 Å². The fourth-order valence-corrected chi connectivity index (χ4v) is 2.92. The Morgan fingerprint density at radius 1 is 1.22 bits per heavy atom. The van der Waals surface area contributed by atoms with Gasteiger partial charge in [-0.2, -0.15) is 5.10 Å². The minimum Gasteiger partial charge on any atom is -0.350 e. The number of nitrogens with zero attached hydrogens (tertiary/aromatic N) is 2. The minimum absolute atomic E-state index is 0.243. The van der Waals surface area contributed by atoms with E-state index in [0.717, 1.165) is 0 Å². The number of hydrogen-bond acceptors (Lipinski definition) is 2. The van der Waals surface area contributed by atoms with Crippen molar-refractivity contribution < 1.29 is 9.18 Å². The summed E-state index contributed by atoms with van der Waals surface area (Å²) in [6, 6.07) is 8.01. The van der Waals surface area contributed by atoms with Crippen molar-refractivity contribution in [3.8, 4) is 0 Å². The first-order chi connectivity index (χ1) is 11.2. The van der Waals surface area contributed by atoms with Crippen LogP contribution in [0.25, 0.3) is 0 Å². The molecule has 2 aliphatic rings. The molecule has 0 atom stereocenters. The summed E-state index contributed by atoms with van der Waals surface area (Å²) < 4.78 is 15.2. The Balaban J connectivity index is 1.38. The van der Waals surface area contributed by atoms with Crippen LogP contribution in [-0.4, -0.2) is 22.2 Å². The summed E-state index contributed by atoms with van der Waals surface area (Å²) in [5.41, 5.74) is 2.88. The van der Waals surface area contributed by atoms with Crippen LogP contribution in [0.5, 0.6) is 0 Å². The Morgan fingerprint density at radius 3 is 2.70 bits per heavy atom. The molecule has 23 heavy (non-hydrogen) atoms. The van der Waals surface area contributed by atoms with Crippen molar-refractivity contribution in [2.45, 2.75) is 44.1 Å². The van der Waals surface area contributed by atoms with Crippen molar-refractivity contribution in [1.82, 2.24) is 15.1 Å². The van der Waals surface area contributed by atoms with Gasteiger partial charge in [0.05, 0.1) is 12.2 Å². The predicted molar refractivity (Wildman–Crippen MR) is 84.9 cm³/mol. The SMILES string of the molecule is O=C(NCCn1nc(C2CC2)cc1C1CC1)c1cccc(F)c1. The molecule has 0 aliphatic heterocycles. The molecule has 1 N–H and O–H groups in total. The van der Waals surface area contributed by atoms with Crippen LogP contribution in [0.1, 0.15) is 59.3 Å². The Morgan fingerprint density at radius 2 is 2.00 bits per heavy atom. The van der Waals surface area contributed by atoms with Crippen LogP contribution in [0.15, 0.2) is 30.3 Å². The molecule has 1 heterocycles. The third kappa shape index (κ3) is 3.28. The number of benzene rings is 1. The van der Waals surface area contributed by atoms with Crippen molar-refractivity contribution >= 4 is 5.91 Å². The fraction of sp³-hybridized carbons (Fsp3) is 0.444. The molecule has 2 saturated carbocycles. The van der Waals surface area contributed by atoms with Gasteiger partial charge in [-0.25, -0.2) is 4.39 Å². The molecular weight excluding hydrogens is 293 g/mol. The lowest BCUT2D eigenvalue weighted by molar-refractivity contribution is 0.0951. The lowest BCUT2D eigenvalue weighted by Gasteiger charge is -2.08. The van der Waals surface area contributed by atoms with Gasteiger partial charge in [-0.1, -0.05) is 6.07 Å². The van der Waals surface area contributed by atoms with Crippen LogP contribution in [0, 0.1) is 5.82 Å². The van der Waals surface area contributed by atoms with E-state index in [1.807, 2.05) is 0 Å². The van der Waals surface area contributed by atoms with E-state index < -0.39 is 5.82 Å². The highest BCUT2D eigenvalue weighted by molar-refractivity contribution is 5.94. The van der Waals surface area contributed by atoms with Crippen molar-refractivity contribution in [3.63, 3.8) is 0 Å². The fourth-order valence-electron chi connectivity index (χ4n) is 2.92. The van der Waals surface area contributed by atoms with Crippen LogP contribution in [0.2, 0.25) is 0 Å². The third-order valence-corrected chi connectivity index (χ3v) is 4.52. The number of nitrogens with one attached hydrogen (secondary N) is 1. The summed E-state index contributed by atoms with van der Waals surface area (Å²) in [6.45, 7) is 1.17. The number of carbonyl (C=O) groups is 1. The normalized spacial score (nSPS) is 17.3. The number of aromatic nitrogens is 2. The highest BCUT2D eigenvalue weighted by atomic mass is 19.1. The molecule has 5 heteroatoms. The number of rotatable bonds is 6. The number of hydrogen-bond donors (Lipinski definition) is 1. The van der Waals surface area contributed by atoms with E-state index in [9.17, 15) is 9.18 Å². The van der Waals surface area contributed by atoms with Crippen LogP contribution < -0.4 is 5.32 Å². The molecule has 0 spiro atoms. The van der Waals surface area contributed by atoms with E-state index in [1.165, 1.54) is 49.2 Å². The molecule has 1 amide bonds. The van der Waals surface area contributed by atoms with Gasteiger partial charge in [-0.15, -0.1) is 0 Å². The molecule has 2 aliphatic carbocycles. The first-order valence-electron chi connectivity index (χ1n) is 8.32. The van der Waals surface area contributed by atoms with Gasteiger partial charge < -0.3 is 5.32 Å². The van der Waals surface area contributed by atoms with Crippen LogP contribution in [-0.2, 0) is 6.54 Å². The van der Waals surface area contributed by atoms with Crippen LogP contribution in [0.3, 0.4) is 0 Å². The quantitative estimate of drug-likeness (QED) is 0.890. The molecule has 2 fully saturated rings. The second-order valence-electron chi connectivity index (χ2n) is 6.53. The Bertz CT molecular complexity index is 732. The molecule has 1 aromatic heterocycles. The lowest BCUT2D eigenvalue weighted by Crippen LogP contribution is -2.28. The summed E-state index contributed by atoms with van der Waals surface area (Å²) in [7, 11) is 0. The molecule has 4 nitrogen and oxygen atoms in total. The summed E-state index contributed by atoms with van der Waals surface area (Å²) >= 11 is 0. The standard InChI is InChI=1S/C18H20FN3O/c19-15-3-1-2-14(10-15)18(23)20-8-9-22-17(13-6-7-13)11-16(21-22)12-4-5-12/h1-3,10-13H,4-9H2,(H,20,23). The van der Waals surface area contributed by atoms with E-state index in [4.69, 9.17) is 5.10 Å². The third-order valence-electron chi connectivity index (χ3n) is 4.52. The summed E-state index contributed by atoms with van der Waals surface area (Å²) in [6.07, 6.45) is 4.98. The van der Waals surface area contributed by atoms with Crippen molar-refractivity contribution in [1.29, 1.82) is 0 Å². The van der Waals surface area contributed by atoms with Gasteiger partial charge in [-0.05, 0) is 49.9 Å². The van der Waals surface area contributed by atoms with Gasteiger partial charge in [0.25, 0.3) is 5.91 Å². The highest BCUT2D eigenvalue weighted by Gasteiger charge is 2.32. The predicted octanol–water partition coefficient (Wildman–Crippen LogP) is 3.21. The largest absolute Gasteiger partial charge is 0.350 e. The Labute approximate surface area is 134 Å². The topological polar surface area (TPSA) is 46.9 Å². The molecule has 120 valence electrons. The first-order valence-corrected chi connectivity index (χ1v) is 8.32. The van der Waals surface area contributed by atoms with Crippen molar-refractivity contribution in [3.05, 3.63) is 53.1 Å². The van der Waals surface area contributed by atoms with E-state index in [0.29, 0.717) is 30.5 Å². The molecule has 0 radical (unpaired) electrons. The highest BCUT2D eigenvalue weighted by Crippen LogP contribution is 2.44. The second-order valence-corrected chi connectivity index (χ2v) is 6.53. The van der Waals surface area contributed by atoms with Gasteiger partial charge >= 0.3 is 0 Å². The molecule has 4 rings (SSSR count). The molecule has 1 aromatic carbocycles. The minimum atomic E-state index is -0.394. The first kappa shape index (κ1) is 14.4. The molecule has 0 saturated heterocycles. The van der Waals surface area contributed by atoms with E-state index >= 15 is 0 Å². The van der Waals surface area contributed by atoms with Crippen molar-refractivity contribution in [2.24, 2.45) is 0 Å². The smallest absolute Gasteiger partial charge is 0.251 e. The van der Waals surface area contributed by atoms with Crippen LogP contribution >= 0.6 is 0 Å². The zero-order valence-corrected chi connectivity index (χ0v) is 13.0. The number of halogens is 1. The monoisotopic (exact) mass is 313 g/mol.